The van der Waals surface area contributed by atoms with Gasteiger partial charge in [0.1, 0.15) is 0 Å². The molecular formula is C17H17ClN2. The Hall–Kier alpha value is -1.77. The summed E-state index contributed by atoms with van der Waals surface area (Å²) in [6.07, 6.45) is 3.13. The van der Waals surface area contributed by atoms with Crippen LogP contribution in [0.5, 0.6) is 0 Å². The van der Waals surface area contributed by atoms with Crippen LogP contribution in [0, 0.1) is 0 Å². The van der Waals surface area contributed by atoms with E-state index in [1.807, 2.05) is 12.1 Å². The molecule has 3 rings (SSSR count). The van der Waals surface area contributed by atoms with Gasteiger partial charge in [-0.25, -0.2) is 0 Å². The lowest BCUT2D eigenvalue weighted by molar-refractivity contribution is 0.827. The predicted octanol–water partition coefficient (Wildman–Crippen LogP) is 3.84. The van der Waals surface area contributed by atoms with Crippen molar-refractivity contribution in [2.45, 2.75) is 13.0 Å². The van der Waals surface area contributed by atoms with Gasteiger partial charge in [0.15, 0.2) is 0 Å². The summed E-state index contributed by atoms with van der Waals surface area (Å²) < 4.78 is 2.28. The molecule has 3 aromatic rings. The van der Waals surface area contributed by atoms with Crippen LogP contribution in [0.25, 0.3) is 10.9 Å². The Bertz CT molecular complexity index is 713. The van der Waals surface area contributed by atoms with Crippen molar-refractivity contribution >= 4 is 22.5 Å². The molecule has 0 amide bonds. The standard InChI is InChI=1S/C17H17ClN2/c18-15-7-5-13(6-8-15)11-20-12-14(9-10-19)16-3-1-2-4-17(16)20/h1-8,12H,9-11,19H2. The third kappa shape index (κ3) is 2.58. The topological polar surface area (TPSA) is 30.9 Å². The number of hydrogen-bond acceptors (Lipinski definition) is 1. The zero-order valence-electron chi connectivity index (χ0n) is 11.2. The summed E-state index contributed by atoms with van der Waals surface area (Å²) in [5.74, 6) is 0. The van der Waals surface area contributed by atoms with Crippen LogP contribution in [-0.4, -0.2) is 11.1 Å². The molecule has 0 unspecified atom stereocenters. The molecule has 1 heterocycles. The average Bonchev–Trinajstić information content (AvgIpc) is 2.81. The van der Waals surface area contributed by atoms with Gasteiger partial charge in [0.05, 0.1) is 0 Å². The Morgan fingerprint density at radius 3 is 2.50 bits per heavy atom. The van der Waals surface area contributed by atoms with Crippen molar-refractivity contribution in [1.82, 2.24) is 4.57 Å². The van der Waals surface area contributed by atoms with Crippen LogP contribution in [-0.2, 0) is 13.0 Å². The van der Waals surface area contributed by atoms with Crippen LogP contribution in [0.4, 0.5) is 0 Å². The first-order valence-corrected chi connectivity index (χ1v) is 7.17. The van der Waals surface area contributed by atoms with Gasteiger partial charge in [-0.2, -0.15) is 0 Å². The number of halogens is 1. The van der Waals surface area contributed by atoms with Gasteiger partial charge in [-0.1, -0.05) is 41.9 Å². The maximum Gasteiger partial charge on any atom is 0.0486 e. The highest BCUT2D eigenvalue weighted by molar-refractivity contribution is 6.30. The van der Waals surface area contributed by atoms with Crippen LogP contribution < -0.4 is 5.73 Å². The van der Waals surface area contributed by atoms with E-state index in [1.165, 1.54) is 22.0 Å². The second kappa shape index (κ2) is 5.70. The highest BCUT2D eigenvalue weighted by Crippen LogP contribution is 2.23. The first-order chi connectivity index (χ1) is 9.78. The van der Waals surface area contributed by atoms with E-state index in [9.17, 15) is 0 Å². The van der Waals surface area contributed by atoms with Crippen molar-refractivity contribution in [1.29, 1.82) is 0 Å². The quantitative estimate of drug-likeness (QED) is 0.775. The van der Waals surface area contributed by atoms with Crippen molar-refractivity contribution in [3.8, 4) is 0 Å². The van der Waals surface area contributed by atoms with Crippen LogP contribution >= 0.6 is 11.6 Å². The maximum absolute atomic E-state index is 5.93. The molecule has 20 heavy (non-hydrogen) atoms. The van der Waals surface area contributed by atoms with E-state index in [-0.39, 0.29) is 0 Å². The molecule has 0 saturated heterocycles. The van der Waals surface area contributed by atoms with E-state index in [1.54, 1.807) is 0 Å². The molecule has 0 fully saturated rings. The van der Waals surface area contributed by atoms with Crippen LogP contribution in [0.15, 0.2) is 54.7 Å². The number of hydrogen-bond donors (Lipinski definition) is 1. The Morgan fingerprint density at radius 2 is 1.75 bits per heavy atom. The van der Waals surface area contributed by atoms with Gasteiger partial charge in [-0.15, -0.1) is 0 Å². The molecule has 2 nitrogen and oxygen atoms in total. The van der Waals surface area contributed by atoms with Crippen molar-refractivity contribution in [2.75, 3.05) is 6.54 Å². The summed E-state index contributed by atoms with van der Waals surface area (Å²) in [5, 5.41) is 2.07. The fraction of sp³-hybridized carbons (Fsp3) is 0.176. The molecule has 0 aliphatic carbocycles. The summed E-state index contributed by atoms with van der Waals surface area (Å²) in [6, 6.07) is 16.5. The summed E-state index contributed by atoms with van der Waals surface area (Å²) >= 11 is 5.93. The zero-order chi connectivity index (χ0) is 13.9. The fourth-order valence-corrected chi connectivity index (χ4v) is 2.72. The molecule has 0 aliphatic rings. The second-order valence-electron chi connectivity index (χ2n) is 4.96. The summed E-state index contributed by atoms with van der Waals surface area (Å²) in [4.78, 5) is 0. The minimum Gasteiger partial charge on any atom is -0.343 e. The maximum atomic E-state index is 5.93. The second-order valence-corrected chi connectivity index (χ2v) is 5.40. The molecule has 0 atom stereocenters. The lowest BCUT2D eigenvalue weighted by Crippen LogP contribution is -2.02. The van der Waals surface area contributed by atoms with Gasteiger partial charge in [-0.05, 0) is 42.3 Å². The number of benzene rings is 2. The van der Waals surface area contributed by atoms with Crippen molar-refractivity contribution in [3.63, 3.8) is 0 Å². The lowest BCUT2D eigenvalue weighted by Gasteiger charge is -2.05. The molecule has 2 N–H and O–H groups in total. The van der Waals surface area contributed by atoms with Gasteiger partial charge in [0.2, 0.25) is 0 Å². The summed E-state index contributed by atoms with van der Waals surface area (Å²) in [6.45, 7) is 1.53. The van der Waals surface area contributed by atoms with Crippen LogP contribution in [0.3, 0.4) is 0 Å². The number of nitrogens with zero attached hydrogens (tertiary/aromatic N) is 1. The molecule has 0 saturated carbocycles. The Morgan fingerprint density at radius 1 is 1.00 bits per heavy atom. The highest BCUT2D eigenvalue weighted by atomic mass is 35.5. The van der Waals surface area contributed by atoms with E-state index in [4.69, 9.17) is 17.3 Å². The molecule has 1 aromatic heterocycles. The summed E-state index contributed by atoms with van der Waals surface area (Å²) in [5.41, 5.74) is 9.52. The van der Waals surface area contributed by atoms with Gasteiger partial charge >= 0.3 is 0 Å². The van der Waals surface area contributed by atoms with Crippen LogP contribution in [0.2, 0.25) is 5.02 Å². The Balaban J connectivity index is 2.00. The highest BCUT2D eigenvalue weighted by Gasteiger charge is 2.07. The predicted molar refractivity (Wildman–Crippen MR) is 85.3 cm³/mol. The van der Waals surface area contributed by atoms with Gasteiger partial charge in [-0.3, -0.25) is 0 Å². The third-order valence-corrected chi connectivity index (χ3v) is 3.80. The van der Waals surface area contributed by atoms with E-state index in [2.05, 4.69) is 47.2 Å². The number of nitrogens with two attached hydrogens (primary N) is 1. The van der Waals surface area contributed by atoms with E-state index in [0.29, 0.717) is 6.54 Å². The average molecular weight is 285 g/mol. The Kier molecular flexibility index (Phi) is 3.77. The third-order valence-electron chi connectivity index (χ3n) is 3.55. The first-order valence-electron chi connectivity index (χ1n) is 6.79. The number of rotatable bonds is 4. The van der Waals surface area contributed by atoms with Gasteiger partial charge in [0, 0.05) is 28.7 Å². The minimum absolute atomic E-state index is 0.676. The molecule has 3 heteroatoms. The molecular weight excluding hydrogens is 268 g/mol. The van der Waals surface area contributed by atoms with E-state index < -0.39 is 0 Å². The smallest absolute Gasteiger partial charge is 0.0486 e. The zero-order valence-corrected chi connectivity index (χ0v) is 12.0. The number of fused-ring (bicyclic) bond motifs is 1. The molecule has 2 aromatic carbocycles. The van der Waals surface area contributed by atoms with Crippen molar-refractivity contribution in [2.24, 2.45) is 5.73 Å². The lowest BCUT2D eigenvalue weighted by atomic mass is 10.1. The number of aromatic nitrogens is 1. The number of para-hydroxylation sites is 1. The van der Waals surface area contributed by atoms with Gasteiger partial charge < -0.3 is 10.3 Å². The largest absolute Gasteiger partial charge is 0.343 e. The SMILES string of the molecule is NCCc1cn(Cc2ccc(Cl)cc2)c2ccccc12. The van der Waals surface area contributed by atoms with Crippen LogP contribution in [0.1, 0.15) is 11.1 Å². The van der Waals surface area contributed by atoms with E-state index >= 15 is 0 Å². The Labute approximate surface area is 123 Å². The molecule has 0 spiro atoms. The monoisotopic (exact) mass is 284 g/mol. The first kappa shape index (κ1) is 13.2. The van der Waals surface area contributed by atoms with Crippen molar-refractivity contribution < 1.29 is 0 Å². The van der Waals surface area contributed by atoms with Gasteiger partial charge in [0.25, 0.3) is 0 Å². The molecule has 0 bridgehead atoms. The minimum atomic E-state index is 0.676. The fourth-order valence-electron chi connectivity index (χ4n) is 2.59. The molecule has 102 valence electrons. The molecule has 0 radical (unpaired) electrons. The normalized spacial score (nSPS) is 11.1. The molecule has 0 aliphatic heterocycles. The summed E-state index contributed by atoms with van der Waals surface area (Å²) in [7, 11) is 0. The van der Waals surface area contributed by atoms with Crippen molar-refractivity contribution in [3.05, 3.63) is 70.9 Å². The van der Waals surface area contributed by atoms with E-state index in [0.717, 1.165) is 18.0 Å².